The lowest BCUT2D eigenvalue weighted by atomic mass is 10.1. The van der Waals surface area contributed by atoms with E-state index in [2.05, 4.69) is 0 Å². The van der Waals surface area contributed by atoms with Crippen molar-refractivity contribution in [3.63, 3.8) is 0 Å². The Morgan fingerprint density at radius 3 is 2.41 bits per heavy atom. The lowest BCUT2D eigenvalue weighted by Crippen LogP contribution is -2.33. The van der Waals surface area contributed by atoms with Gasteiger partial charge in [0, 0.05) is 17.0 Å². The van der Waals surface area contributed by atoms with Gasteiger partial charge in [-0.1, -0.05) is 0 Å². The molecule has 0 atom stereocenters. The summed E-state index contributed by atoms with van der Waals surface area (Å²) in [6.07, 6.45) is 0. The minimum Gasteiger partial charge on any atom is -0.507 e. The van der Waals surface area contributed by atoms with Crippen molar-refractivity contribution in [3.8, 4) is 11.5 Å². The van der Waals surface area contributed by atoms with Crippen molar-refractivity contribution in [3.05, 3.63) is 69.1 Å². The molecule has 2 amide bonds. The summed E-state index contributed by atoms with van der Waals surface area (Å²) in [5.74, 6) is -3.44. The van der Waals surface area contributed by atoms with E-state index < -0.39 is 40.3 Å². The van der Waals surface area contributed by atoms with Crippen LogP contribution in [0.25, 0.3) is 11.0 Å². The first-order chi connectivity index (χ1) is 13.7. The van der Waals surface area contributed by atoms with Crippen molar-refractivity contribution >= 4 is 28.8 Å². The molecule has 0 unspecified atom stereocenters. The minimum absolute atomic E-state index is 0.181. The number of aromatic carboxylic acids is 1. The first-order valence-corrected chi connectivity index (χ1v) is 8.25. The second-order valence-corrected chi connectivity index (χ2v) is 6.12. The molecule has 3 aromatic rings. The number of carboxylic acids is 1. The standard InChI is InChI=1S/C20H15NO8/c1-9-5-11(28-2)7-16-12(9)8-14(20(27)29-16)18(24)21-17(23)10-3-4-15(22)13(6-10)19(25)26/h3-8,22H,1-2H3,(H,25,26)(H,21,23,24). The quantitative estimate of drug-likeness (QED) is 0.448. The molecule has 29 heavy (non-hydrogen) atoms. The number of methoxy groups -OCH3 is 1. The molecule has 0 spiro atoms. The maximum atomic E-state index is 12.4. The number of rotatable bonds is 4. The van der Waals surface area contributed by atoms with E-state index in [1.807, 2.05) is 5.32 Å². The lowest BCUT2D eigenvalue weighted by molar-refractivity contribution is 0.0693. The number of hydrogen-bond donors (Lipinski definition) is 3. The van der Waals surface area contributed by atoms with Crippen LogP contribution in [0, 0.1) is 6.92 Å². The Kier molecular flexibility index (Phi) is 5.05. The second kappa shape index (κ2) is 7.47. The monoisotopic (exact) mass is 397 g/mol. The number of carbonyl (C=O) groups excluding carboxylic acids is 2. The molecule has 0 radical (unpaired) electrons. The molecule has 0 bridgehead atoms. The summed E-state index contributed by atoms with van der Waals surface area (Å²) in [6, 6.07) is 7.57. The summed E-state index contributed by atoms with van der Waals surface area (Å²) in [7, 11) is 1.46. The van der Waals surface area contributed by atoms with Crippen LogP contribution < -0.4 is 15.7 Å². The van der Waals surface area contributed by atoms with Gasteiger partial charge in [-0.15, -0.1) is 0 Å². The highest BCUT2D eigenvalue weighted by Gasteiger charge is 2.20. The minimum atomic E-state index is -1.44. The predicted molar refractivity (Wildman–Crippen MR) is 101 cm³/mol. The third-order valence-corrected chi connectivity index (χ3v) is 4.23. The Labute approximate surface area is 163 Å². The number of hydrogen-bond acceptors (Lipinski definition) is 7. The topological polar surface area (TPSA) is 143 Å². The van der Waals surface area contributed by atoms with E-state index in [1.165, 1.54) is 19.2 Å². The van der Waals surface area contributed by atoms with Gasteiger partial charge in [0.2, 0.25) is 0 Å². The maximum absolute atomic E-state index is 12.4. The molecule has 9 heteroatoms. The number of phenols is 1. The number of fused-ring (bicyclic) bond motifs is 1. The maximum Gasteiger partial charge on any atom is 0.349 e. The smallest absolute Gasteiger partial charge is 0.349 e. The first kappa shape index (κ1) is 19.6. The van der Waals surface area contributed by atoms with Crippen LogP contribution in [0.2, 0.25) is 0 Å². The summed E-state index contributed by atoms with van der Waals surface area (Å²) in [6.45, 7) is 1.74. The number of ether oxygens (including phenoxy) is 1. The second-order valence-electron chi connectivity index (χ2n) is 6.12. The van der Waals surface area contributed by atoms with Crippen LogP contribution in [0.5, 0.6) is 11.5 Å². The Hall–Kier alpha value is -4.14. The van der Waals surface area contributed by atoms with Crippen LogP contribution in [-0.4, -0.2) is 35.1 Å². The fourth-order valence-corrected chi connectivity index (χ4v) is 2.73. The number of amides is 2. The molecular formula is C20H15NO8. The highest BCUT2D eigenvalue weighted by Crippen LogP contribution is 2.24. The van der Waals surface area contributed by atoms with Gasteiger partial charge >= 0.3 is 11.6 Å². The van der Waals surface area contributed by atoms with Crippen molar-refractivity contribution in [1.29, 1.82) is 0 Å². The van der Waals surface area contributed by atoms with Crippen LogP contribution in [-0.2, 0) is 0 Å². The van der Waals surface area contributed by atoms with Crippen molar-refractivity contribution in [1.82, 2.24) is 5.32 Å². The van der Waals surface area contributed by atoms with Crippen LogP contribution in [0.3, 0.4) is 0 Å². The number of imide groups is 1. The number of benzene rings is 2. The Bertz CT molecular complexity index is 1230. The predicted octanol–water partition coefficient (Wildman–Crippen LogP) is 2.08. The molecule has 0 aliphatic carbocycles. The van der Waals surface area contributed by atoms with E-state index in [4.69, 9.17) is 14.3 Å². The van der Waals surface area contributed by atoms with Crippen LogP contribution >= 0.6 is 0 Å². The highest BCUT2D eigenvalue weighted by atomic mass is 16.5. The van der Waals surface area contributed by atoms with E-state index in [-0.39, 0.29) is 11.1 Å². The Balaban J connectivity index is 1.94. The van der Waals surface area contributed by atoms with E-state index in [9.17, 15) is 24.3 Å². The van der Waals surface area contributed by atoms with Crippen molar-refractivity contribution in [2.45, 2.75) is 6.92 Å². The first-order valence-electron chi connectivity index (χ1n) is 8.25. The zero-order valence-corrected chi connectivity index (χ0v) is 15.3. The van der Waals surface area contributed by atoms with Gasteiger partial charge in [-0.2, -0.15) is 0 Å². The van der Waals surface area contributed by atoms with E-state index in [1.54, 1.807) is 13.0 Å². The van der Waals surface area contributed by atoms with Gasteiger partial charge in [0.05, 0.1) is 7.11 Å². The number of carboxylic acid groups (broad SMARTS) is 1. The van der Waals surface area contributed by atoms with Crippen molar-refractivity contribution in [2.75, 3.05) is 7.11 Å². The molecule has 0 saturated carbocycles. The molecule has 0 aliphatic rings. The molecule has 0 aliphatic heterocycles. The Morgan fingerprint density at radius 1 is 1.03 bits per heavy atom. The fourth-order valence-electron chi connectivity index (χ4n) is 2.73. The van der Waals surface area contributed by atoms with E-state index in [0.717, 1.165) is 18.2 Å². The number of aryl methyl sites for hydroxylation is 1. The zero-order chi connectivity index (χ0) is 21.3. The molecule has 2 aromatic carbocycles. The third-order valence-electron chi connectivity index (χ3n) is 4.23. The summed E-state index contributed by atoms with van der Waals surface area (Å²) < 4.78 is 10.3. The largest absolute Gasteiger partial charge is 0.507 e. The van der Waals surface area contributed by atoms with Crippen molar-refractivity contribution < 1.29 is 33.8 Å². The fraction of sp³-hybridized carbons (Fsp3) is 0.100. The number of nitrogens with one attached hydrogen (secondary N) is 1. The summed E-state index contributed by atoms with van der Waals surface area (Å²) in [5.41, 5.74) is -1.12. The van der Waals surface area contributed by atoms with Crippen LogP contribution in [0.15, 0.2) is 45.6 Å². The van der Waals surface area contributed by atoms with Crippen LogP contribution in [0.1, 0.15) is 36.6 Å². The average Bonchev–Trinajstić information content (AvgIpc) is 2.67. The summed E-state index contributed by atoms with van der Waals surface area (Å²) in [5, 5.41) is 21.0. The molecule has 3 N–H and O–H groups in total. The molecule has 1 heterocycles. The zero-order valence-electron chi connectivity index (χ0n) is 15.3. The normalized spacial score (nSPS) is 10.6. The number of carbonyl (C=O) groups is 3. The Morgan fingerprint density at radius 2 is 1.76 bits per heavy atom. The average molecular weight is 397 g/mol. The van der Waals surface area contributed by atoms with Gasteiger partial charge in [0.15, 0.2) is 0 Å². The van der Waals surface area contributed by atoms with Gasteiger partial charge in [-0.3, -0.25) is 14.9 Å². The molecule has 148 valence electrons. The molecule has 1 aromatic heterocycles. The summed E-state index contributed by atoms with van der Waals surface area (Å²) in [4.78, 5) is 48.0. The van der Waals surface area contributed by atoms with Gasteiger partial charge in [0.1, 0.15) is 28.2 Å². The van der Waals surface area contributed by atoms with E-state index >= 15 is 0 Å². The highest BCUT2D eigenvalue weighted by molar-refractivity contribution is 6.11. The summed E-state index contributed by atoms with van der Waals surface area (Å²) >= 11 is 0. The SMILES string of the molecule is COc1cc(C)c2cc(C(=O)NC(=O)c3ccc(O)c(C(=O)O)c3)c(=O)oc2c1. The molecule has 0 saturated heterocycles. The molecular weight excluding hydrogens is 382 g/mol. The molecule has 0 fully saturated rings. The van der Waals surface area contributed by atoms with E-state index in [0.29, 0.717) is 16.7 Å². The van der Waals surface area contributed by atoms with Crippen molar-refractivity contribution in [2.24, 2.45) is 0 Å². The lowest BCUT2D eigenvalue weighted by Gasteiger charge is -2.08. The number of aromatic hydroxyl groups is 1. The van der Waals surface area contributed by atoms with Gasteiger partial charge < -0.3 is 19.4 Å². The molecule has 9 nitrogen and oxygen atoms in total. The van der Waals surface area contributed by atoms with Gasteiger partial charge in [-0.05, 0) is 42.8 Å². The third kappa shape index (κ3) is 3.79. The van der Waals surface area contributed by atoms with Gasteiger partial charge in [-0.25, -0.2) is 9.59 Å². The molecule has 3 rings (SSSR count). The van der Waals surface area contributed by atoms with Crippen LogP contribution in [0.4, 0.5) is 0 Å². The van der Waals surface area contributed by atoms with Gasteiger partial charge in [0.25, 0.3) is 11.8 Å².